The van der Waals surface area contributed by atoms with Gasteiger partial charge in [-0.1, -0.05) is 31.9 Å². The van der Waals surface area contributed by atoms with E-state index in [2.05, 4.69) is 31.9 Å². The maximum absolute atomic E-state index is 14.3. The van der Waals surface area contributed by atoms with E-state index in [4.69, 9.17) is 0 Å². The van der Waals surface area contributed by atoms with Gasteiger partial charge in [-0.25, -0.2) is 17.6 Å². The van der Waals surface area contributed by atoms with Crippen LogP contribution in [0.25, 0.3) is 0 Å². The predicted molar refractivity (Wildman–Crippen MR) is 102 cm³/mol. The van der Waals surface area contributed by atoms with E-state index in [9.17, 15) is 17.6 Å². The van der Waals surface area contributed by atoms with Crippen molar-refractivity contribution in [3.05, 3.63) is 42.4 Å². The monoisotopic (exact) mass is 494 g/mol. The third-order valence-corrected chi connectivity index (χ3v) is 7.44. The van der Waals surface area contributed by atoms with Crippen molar-refractivity contribution in [1.29, 1.82) is 0 Å². The van der Waals surface area contributed by atoms with Gasteiger partial charge in [0.1, 0.15) is 24.7 Å². The van der Waals surface area contributed by atoms with Crippen LogP contribution in [-0.4, -0.2) is 24.7 Å². The molecule has 0 aromatic rings. The van der Waals surface area contributed by atoms with Gasteiger partial charge in [0.15, 0.2) is 0 Å². The van der Waals surface area contributed by atoms with Crippen LogP contribution < -0.4 is 0 Å². The fourth-order valence-electron chi connectivity index (χ4n) is 4.76. The molecule has 4 aliphatic rings. The van der Waals surface area contributed by atoms with Crippen LogP contribution in [0.1, 0.15) is 51.4 Å². The maximum Gasteiger partial charge on any atom is 0.109 e. The minimum atomic E-state index is -1.02. The lowest BCUT2D eigenvalue weighted by Gasteiger charge is -2.14. The summed E-state index contributed by atoms with van der Waals surface area (Å²) in [6, 6.07) is 0. The fraction of sp³-hybridized carbons (Fsp3) is 0.600. The Labute approximate surface area is 167 Å². The Morgan fingerprint density at radius 2 is 0.654 bits per heavy atom. The quantitative estimate of drug-likeness (QED) is 0.357. The van der Waals surface area contributed by atoms with Gasteiger partial charge in [0.25, 0.3) is 0 Å². The highest BCUT2D eigenvalue weighted by molar-refractivity contribution is 9.12. The Balaban J connectivity index is 1.80. The topological polar surface area (TPSA) is 0 Å². The van der Waals surface area contributed by atoms with Gasteiger partial charge in [-0.2, -0.15) is 0 Å². The SMILES string of the molecule is FC1CC(Br)=C(C2=C(C3=C(C4=C(Br)CC(F)C4)CC(F)C3)CC(F)C2)C1. The molecule has 0 fully saturated rings. The van der Waals surface area contributed by atoms with Crippen molar-refractivity contribution < 1.29 is 17.6 Å². The zero-order valence-corrected chi connectivity index (χ0v) is 17.4. The zero-order chi connectivity index (χ0) is 18.6. The van der Waals surface area contributed by atoms with Crippen LogP contribution in [-0.2, 0) is 0 Å². The van der Waals surface area contributed by atoms with Crippen LogP contribution in [0.4, 0.5) is 17.6 Å². The van der Waals surface area contributed by atoms with E-state index in [-0.39, 0.29) is 38.5 Å². The molecule has 0 amide bonds. The zero-order valence-electron chi connectivity index (χ0n) is 14.2. The molecule has 6 heteroatoms. The molecule has 4 atom stereocenters. The molecule has 0 aromatic heterocycles. The summed E-state index contributed by atoms with van der Waals surface area (Å²) in [7, 11) is 0. The summed E-state index contributed by atoms with van der Waals surface area (Å²) in [6.07, 6.45) is -1.73. The Morgan fingerprint density at radius 1 is 0.423 bits per heavy atom. The standard InChI is InChI=1S/C20H20Br2F4/c21-19-7-11(25)5-17(19)15-3-9(23)1-13(15)14-2-10(24)4-16(14)18-6-12(26)8-20(18)22/h9-12H,1-8H2. The second kappa shape index (κ2) is 7.23. The first-order chi connectivity index (χ1) is 12.3. The Kier molecular flexibility index (Phi) is 5.28. The van der Waals surface area contributed by atoms with E-state index >= 15 is 0 Å². The smallest absolute Gasteiger partial charge is 0.109 e. The highest BCUT2D eigenvalue weighted by Gasteiger charge is 2.38. The molecule has 4 unspecified atom stereocenters. The van der Waals surface area contributed by atoms with Gasteiger partial charge in [-0.15, -0.1) is 0 Å². The van der Waals surface area contributed by atoms with Gasteiger partial charge in [-0.3, -0.25) is 0 Å². The van der Waals surface area contributed by atoms with Crippen LogP contribution in [0, 0.1) is 0 Å². The largest absolute Gasteiger partial charge is 0.247 e. The molecule has 0 aromatic carbocycles. The Morgan fingerprint density at radius 3 is 0.923 bits per heavy atom. The van der Waals surface area contributed by atoms with Crippen molar-refractivity contribution in [3.8, 4) is 0 Å². The third-order valence-electron chi connectivity index (χ3n) is 5.83. The van der Waals surface area contributed by atoms with Gasteiger partial charge in [0.2, 0.25) is 0 Å². The first-order valence-corrected chi connectivity index (χ1v) is 10.7. The first kappa shape index (κ1) is 19.0. The van der Waals surface area contributed by atoms with Crippen molar-refractivity contribution >= 4 is 31.9 Å². The molecule has 4 rings (SSSR count). The Bertz CT molecular complexity index is 698. The van der Waals surface area contributed by atoms with Crippen LogP contribution in [0.15, 0.2) is 42.4 Å². The number of allylic oxidation sites excluding steroid dienone is 8. The summed E-state index contributed by atoms with van der Waals surface area (Å²) in [5, 5.41) is 0. The molecule has 0 nitrogen and oxygen atoms in total. The molecule has 142 valence electrons. The van der Waals surface area contributed by atoms with E-state index in [1.54, 1.807) is 0 Å². The molecule has 0 radical (unpaired) electrons. The summed E-state index contributed by atoms with van der Waals surface area (Å²) in [4.78, 5) is 0. The van der Waals surface area contributed by atoms with Crippen molar-refractivity contribution in [2.75, 3.05) is 0 Å². The molecule has 0 saturated heterocycles. The maximum atomic E-state index is 14.3. The summed E-state index contributed by atoms with van der Waals surface area (Å²) in [5.41, 5.74) is 5.07. The van der Waals surface area contributed by atoms with Crippen molar-refractivity contribution in [2.45, 2.75) is 76.1 Å². The van der Waals surface area contributed by atoms with E-state index in [0.29, 0.717) is 12.8 Å². The normalized spacial score (nSPS) is 35.8. The van der Waals surface area contributed by atoms with Gasteiger partial charge in [0, 0.05) is 60.3 Å². The molecule has 0 heterocycles. The van der Waals surface area contributed by atoms with Gasteiger partial charge >= 0.3 is 0 Å². The number of alkyl halides is 4. The van der Waals surface area contributed by atoms with Crippen LogP contribution in [0.3, 0.4) is 0 Å². The molecule has 0 saturated carbocycles. The molecule has 0 N–H and O–H groups in total. The molecule has 0 bridgehead atoms. The van der Waals surface area contributed by atoms with E-state index in [1.807, 2.05) is 0 Å². The lowest BCUT2D eigenvalue weighted by Crippen LogP contribution is -1.98. The summed E-state index contributed by atoms with van der Waals surface area (Å²) in [5.74, 6) is 0. The predicted octanol–water partition coefficient (Wildman–Crippen LogP) is 7.41. The van der Waals surface area contributed by atoms with Crippen molar-refractivity contribution in [1.82, 2.24) is 0 Å². The number of rotatable bonds is 3. The number of hydrogen-bond donors (Lipinski definition) is 0. The summed E-state index contributed by atoms with van der Waals surface area (Å²) in [6.45, 7) is 0. The highest BCUT2D eigenvalue weighted by Crippen LogP contribution is 2.51. The molecular weight excluding hydrogens is 476 g/mol. The van der Waals surface area contributed by atoms with E-state index < -0.39 is 24.7 Å². The second-order valence-electron chi connectivity index (χ2n) is 7.70. The molecule has 0 spiro atoms. The summed E-state index contributed by atoms with van der Waals surface area (Å²) >= 11 is 6.90. The van der Waals surface area contributed by atoms with E-state index in [0.717, 1.165) is 42.4 Å². The summed E-state index contributed by atoms with van der Waals surface area (Å²) < 4.78 is 57.9. The second-order valence-corrected chi connectivity index (χ2v) is 9.62. The van der Waals surface area contributed by atoms with Gasteiger partial charge < -0.3 is 0 Å². The number of halogens is 6. The molecule has 4 aliphatic carbocycles. The van der Waals surface area contributed by atoms with E-state index in [1.165, 1.54) is 0 Å². The number of hydrogen-bond acceptors (Lipinski definition) is 0. The minimum Gasteiger partial charge on any atom is -0.247 e. The van der Waals surface area contributed by atoms with Gasteiger partial charge in [0.05, 0.1) is 0 Å². The molecular formula is C20H20Br2F4. The van der Waals surface area contributed by atoms with Gasteiger partial charge in [-0.05, 0) is 33.4 Å². The fourth-order valence-corrected chi connectivity index (χ4v) is 6.27. The lowest BCUT2D eigenvalue weighted by atomic mass is 9.91. The molecule has 0 aliphatic heterocycles. The van der Waals surface area contributed by atoms with Crippen molar-refractivity contribution in [3.63, 3.8) is 0 Å². The van der Waals surface area contributed by atoms with Crippen LogP contribution in [0.5, 0.6) is 0 Å². The van der Waals surface area contributed by atoms with Crippen LogP contribution in [0.2, 0.25) is 0 Å². The van der Waals surface area contributed by atoms with Crippen molar-refractivity contribution in [2.24, 2.45) is 0 Å². The highest BCUT2D eigenvalue weighted by atomic mass is 79.9. The average molecular weight is 496 g/mol. The first-order valence-electron chi connectivity index (χ1n) is 9.10. The lowest BCUT2D eigenvalue weighted by molar-refractivity contribution is 0.339. The third kappa shape index (κ3) is 3.41. The minimum absolute atomic E-state index is 0.242. The average Bonchev–Trinajstić information content (AvgIpc) is 3.27. The van der Waals surface area contributed by atoms with Crippen LogP contribution >= 0.6 is 31.9 Å². The Hall–Kier alpha value is -0.360. The molecule has 26 heavy (non-hydrogen) atoms.